The number of pyridine rings is 1. The quantitative estimate of drug-likeness (QED) is 0.685. The van der Waals surface area contributed by atoms with Crippen LogP contribution in [-0.4, -0.2) is 31.9 Å². The molecule has 1 aromatic rings. The lowest BCUT2D eigenvalue weighted by atomic mass is 10.2. The maximum absolute atomic E-state index is 5.52. The van der Waals surface area contributed by atoms with E-state index in [1.54, 1.807) is 13.3 Å². The van der Waals surface area contributed by atoms with Gasteiger partial charge in [0.05, 0.1) is 7.11 Å². The minimum absolute atomic E-state index is 0.609. The Bertz CT molecular complexity index is 329. The van der Waals surface area contributed by atoms with Gasteiger partial charge in [-0.2, -0.15) is 0 Å². The van der Waals surface area contributed by atoms with Crippen LogP contribution in [0, 0.1) is 5.92 Å². The topological polar surface area (TPSA) is 43.4 Å². The van der Waals surface area contributed by atoms with Crippen LogP contribution in [0.25, 0.3) is 0 Å². The summed E-state index contributed by atoms with van der Waals surface area (Å²) in [5.41, 5.74) is 1.09. The fourth-order valence-corrected chi connectivity index (χ4v) is 1.58. The van der Waals surface area contributed by atoms with Crippen molar-refractivity contribution in [2.24, 2.45) is 5.92 Å². The van der Waals surface area contributed by atoms with Gasteiger partial charge in [0.2, 0.25) is 5.88 Å². The molecule has 0 saturated carbocycles. The average molecular weight is 252 g/mol. The highest BCUT2D eigenvalue weighted by Gasteiger charge is 2.01. The molecule has 102 valence electrons. The smallest absolute Gasteiger partial charge is 0.217 e. The second-order valence-electron chi connectivity index (χ2n) is 4.67. The van der Waals surface area contributed by atoms with E-state index < -0.39 is 0 Å². The summed E-state index contributed by atoms with van der Waals surface area (Å²) in [5, 5.41) is 3.36. The van der Waals surface area contributed by atoms with Crippen molar-refractivity contribution >= 4 is 0 Å². The average Bonchev–Trinajstić information content (AvgIpc) is 2.37. The van der Waals surface area contributed by atoms with Gasteiger partial charge in [0.1, 0.15) is 0 Å². The monoisotopic (exact) mass is 252 g/mol. The second-order valence-corrected chi connectivity index (χ2v) is 4.67. The Morgan fingerprint density at radius 1 is 1.39 bits per heavy atom. The fourth-order valence-electron chi connectivity index (χ4n) is 1.58. The molecule has 1 rings (SSSR count). The van der Waals surface area contributed by atoms with Crippen LogP contribution in [0.15, 0.2) is 18.3 Å². The van der Waals surface area contributed by atoms with Crippen LogP contribution >= 0.6 is 0 Å². The zero-order valence-corrected chi connectivity index (χ0v) is 11.6. The summed E-state index contributed by atoms with van der Waals surface area (Å²) in [6, 6.07) is 3.94. The molecule has 18 heavy (non-hydrogen) atoms. The van der Waals surface area contributed by atoms with E-state index in [4.69, 9.17) is 9.47 Å². The van der Waals surface area contributed by atoms with Gasteiger partial charge in [-0.25, -0.2) is 4.98 Å². The maximum atomic E-state index is 5.52. The van der Waals surface area contributed by atoms with E-state index in [9.17, 15) is 0 Å². The zero-order chi connectivity index (χ0) is 13.2. The summed E-state index contributed by atoms with van der Waals surface area (Å²) in [7, 11) is 1.64. The Morgan fingerprint density at radius 2 is 2.22 bits per heavy atom. The number of hydrogen-bond donors (Lipinski definition) is 1. The third-order valence-electron chi connectivity index (χ3n) is 2.45. The van der Waals surface area contributed by atoms with Crippen molar-refractivity contribution in [2.45, 2.75) is 26.8 Å². The summed E-state index contributed by atoms with van der Waals surface area (Å²) >= 11 is 0. The maximum Gasteiger partial charge on any atom is 0.217 e. The Labute approximate surface area is 110 Å². The molecule has 4 nitrogen and oxygen atoms in total. The lowest BCUT2D eigenvalue weighted by Crippen LogP contribution is -2.17. The third kappa shape index (κ3) is 5.98. The van der Waals surface area contributed by atoms with Crippen molar-refractivity contribution in [3.05, 3.63) is 23.9 Å². The van der Waals surface area contributed by atoms with Crippen LogP contribution in [0.5, 0.6) is 5.88 Å². The minimum Gasteiger partial charge on any atom is -0.481 e. The Morgan fingerprint density at radius 3 is 2.94 bits per heavy atom. The Hall–Kier alpha value is -1.13. The molecule has 0 aliphatic rings. The largest absolute Gasteiger partial charge is 0.481 e. The van der Waals surface area contributed by atoms with Crippen LogP contribution in [0.3, 0.4) is 0 Å². The number of nitrogens with zero attached hydrogens (tertiary/aromatic N) is 1. The molecule has 0 unspecified atom stereocenters. The zero-order valence-electron chi connectivity index (χ0n) is 11.6. The molecule has 0 aromatic carbocycles. The van der Waals surface area contributed by atoms with E-state index >= 15 is 0 Å². The van der Waals surface area contributed by atoms with Gasteiger partial charge in [-0.15, -0.1) is 0 Å². The van der Waals surface area contributed by atoms with Crippen LogP contribution in [0.2, 0.25) is 0 Å². The summed E-state index contributed by atoms with van der Waals surface area (Å²) in [6.07, 6.45) is 2.76. The molecule has 0 bridgehead atoms. The Kier molecular flexibility index (Phi) is 7.37. The molecule has 0 amide bonds. The van der Waals surface area contributed by atoms with E-state index in [0.29, 0.717) is 11.8 Å². The van der Waals surface area contributed by atoms with Gasteiger partial charge in [-0.05, 0) is 24.9 Å². The highest BCUT2D eigenvalue weighted by atomic mass is 16.5. The van der Waals surface area contributed by atoms with E-state index in [0.717, 1.165) is 38.3 Å². The predicted octanol–water partition coefficient (Wildman–Crippen LogP) is 2.24. The lowest BCUT2D eigenvalue weighted by Gasteiger charge is -2.09. The van der Waals surface area contributed by atoms with Gasteiger partial charge in [0.15, 0.2) is 0 Å². The van der Waals surface area contributed by atoms with E-state index in [1.165, 1.54) is 0 Å². The SMILES string of the molecule is COc1ncccc1CNCCCOCC(C)C. The molecule has 1 heterocycles. The van der Waals surface area contributed by atoms with E-state index in [1.807, 2.05) is 12.1 Å². The van der Waals surface area contributed by atoms with Crippen molar-refractivity contribution in [3.63, 3.8) is 0 Å². The number of nitrogens with one attached hydrogen (secondary N) is 1. The van der Waals surface area contributed by atoms with Crippen LogP contribution in [0.4, 0.5) is 0 Å². The lowest BCUT2D eigenvalue weighted by molar-refractivity contribution is 0.108. The summed E-state index contributed by atoms with van der Waals surface area (Å²) in [4.78, 5) is 4.16. The number of aromatic nitrogens is 1. The normalized spacial score (nSPS) is 10.9. The van der Waals surface area contributed by atoms with Gasteiger partial charge in [-0.1, -0.05) is 19.9 Å². The summed E-state index contributed by atoms with van der Waals surface area (Å²) in [5.74, 6) is 1.30. The van der Waals surface area contributed by atoms with Crippen LogP contribution < -0.4 is 10.1 Å². The molecule has 0 saturated heterocycles. The first kappa shape index (κ1) is 14.9. The van der Waals surface area contributed by atoms with E-state index in [-0.39, 0.29) is 0 Å². The van der Waals surface area contributed by atoms with E-state index in [2.05, 4.69) is 24.1 Å². The first-order valence-electron chi connectivity index (χ1n) is 6.50. The molecule has 0 atom stereocenters. The molecule has 0 spiro atoms. The molecular weight excluding hydrogens is 228 g/mol. The molecule has 1 N–H and O–H groups in total. The van der Waals surface area contributed by atoms with Gasteiger partial charge in [-0.3, -0.25) is 0 Å². The first-order valence-corrected chi connectivity index (χ1v) is 6.50. The molecule has 4 heteroatoms. The minimum atomic E-state index is 0.609. The highest BCUT2D eigenvalue weighted by Crippen LogP contribution is 2.12. The van der Waals surface area contributed by atoms with Crippen LogP contribution in [-0.2, 0) is 11.3 Å². The fraction of sp³-hybridized carbons (Fsp3) is 0.643. The molecular formula is C14H24N2O2. The molecule has 0 aliphatic heterocycles. The number of methoxy groups -OCH3 is 1. The molecule has 0 radical (unpaired) electrons. The van der Waals surface area contributed by atoms with Gasteiger partial charge < -0.3 is 14.8 Å². The summed E-state index contributed by atoms with van der Waals surface area (Å²) < 4.78 is 10.7. The Balaban J connectivity index is 2.10. The summed E-state index contributed by atoms with van der Waals surface area (Å²) in [6.45, 7) is 7.70. The number of rotatable bonds is 9. The molecule has 0 fully saturated rings. The molecule has 1 aromatic heterocycles. The standard InChI is InChI=1S/C14H24N2O2/c1-12(2)11-18-9-5-7-15-10-13-6-4-8-16-14(13)17-3/h4,6,8,12,15H,5,7,9-11H2,1-3H3. The van der Waals surface area contributed by atoms with Gasteiger partial charge in [0, 0.05) is 31.5 Å². The second kappa shape index (κ2) is 8.89. The van der Waals surface area contributed by atoms with Gasteiger partial charge in [0.25, 0.3) is 0 Å². The molecule has 0 aliphatic carbocycles. The van der Waals surface area contributed by atoms with Crippen molar-refractivity contribution < 1.29 is 9.47 Å². The van der Waals surface area contributed by atoms with Crippen molar-refractivity contribution in [1.82, 2.24) is 10.3 Å². The van der Waals surface area contributed by atoms with Crippen LogP contribution in [0.1, 0.15) is 25.8 Å². The number of ether oxygens (including phenoxy) is 2. The highest BCUT2D eigenvalue weighted by molar-refractivity contribution is 5.24. The van der Waals surface area contributed by atoms with Crippen molar-refractivity contribution in [2.75, 3.05) is 26.9 Å². The first-order chi connectivity index (χ1) is 8.74. The third-order valence-corrected chi connectivity index (χ3v) is 2.45. The van der Waals surface area contributed by atoms with Crippen molar-refractivity contribution in [1.29, 1.82) is 0 Å². The predicted molar refractivity (Wildman–Crippen MR) is 72.8 cm³/mol. The van der Waals surface area contributed by atoms with Crippen molar-refractivity contribution in [3.8, 4) is 5.88 Å². The van der Waals surface area contributed by atoms with Gasteiger partial charge >= 0.3 is 0 Å². The number of hydrogen-bond acceptors (Lipinski definition) is 4.